The van der Waals surface area contributed by atoms with E-state index in [0.29, 0.717) is 0 Å². The summed E-state index contributed by atoms with van der Waals surface area (Å²) in [4.78, 5) is 13.2. The summed E-state index contributed by atoms with van der Waals surface area (Å²) in [7, 11) is 0. The molecule has 2 heterocycles. The van der Waals surface area contributed by atoms with E-state index in [1.165, 1.54) is 11.5 Å². The van der Waals surface area contributed by atoms with Crippen molar-refractivity contribution in [2.45, 2.75) is 26.1 Å². The lowest BCUT2D eigenvalue weighted by atomic mass is 10.2. The Kier molecular flexibility index (Phi) is 3.06. The number of nitrogens with zero attached hydrogens (tertiary/aromatic N) is 3. The number of amides is 1. The molecule has 6 nitrogen and oxygen atoms in total. The Morgan fingerprint density at radius 3 is 2.69 bits per heavy atom. The molecular weight excluding hydrogens is 228 g/mol. The van der Waals surface area contributed by atoms with Crippen molar-refractivity contribution in [1.29, 1.82) is 0 Å². The zero-order valence-electron chi connectivity index (χ0n) is 9.21. The monoisotopic (exact) mass is 242 g/mol. The molecule has 0 radical (unpaired) electrons. The smallest absolute Gasteiger partial charge is 0.272 e. The van der Waals surface area contributed by atoms with Crippen LogP contribution in [-0.2, 0) is 4.74 Å². The minimum Gasteiger partial charge on any atom is -0.372 e. The topological polar surface area (TPSA) is 81.3 Å². The fourth-order valence-corrected chi connectivity index (χ4v) is 2.58. The van der Waals surface area contributed by atoms with E-state index in [0.717, 1.165) is 18.1 Å². The van der Waals surface area contributed by atoms with Gasteiger partial charge in [0.2, 0.25) is 0 Å². The molecule has 2 atom stereocenters. The van der Waals surface area contributed by atoms with Crippen LogP contribution < -0.4 is 10.6 Å². The predicted molar refractivity (Wildman–Crippen MR) is 60.6 cm³/mol. The Morgan fingerprint density at radius 1 is 1.50 bits per heavy atom. The van der Waals surface area contributed by atoms with Crippen molar-refractivity contribution < 1.29 is 9.53 Å². The van der Waals surface area contributed by atoms with Crippen molar-refractivity contribution in [3.63, 3.8) is 0 Å². The highest BCUT2D eigenvalue weighted by molar-refractivity contribution is 7.10. The van der Waals surface area contributed by atoms with Gasteiger partial charge in [0, 0.05) is 24.6 Å². The van der Waals surface area contributed by atoms with Gasteiger partial charge in [-0.2, -0.15) is 0 Å². The molecule has 0 aromatic carbocycles. The maximum absolute atomic E-state index is 11.2. The summed E-state index contributed by atoms with van der Waals surface area (Å²) in [6.07, 6.45) is 0.262. The van der Waals surface area contributed by atoms with E-state index >= 15 is 0 Å². The lowest BCUT2D eigenvalue weighted by Gasteiger charge is -2.35. The van der Waals surface area contributed by atoms with E-state index in [-0.39, 0.29) is 17.9 Å². The highest BCUT2D eigenvalue weighted by atomic mass is 32.1. The summed E-state index contributed by atoms with van der Waals surface area (Å²) in [5.41, 5.74) is 5.50. The van der Waals surface area contributed by atoms with Crippen LogP contribution in [0.5, 0.6) is 0 Å². The predicted octanol–water partition coefficient (Wildman–Crippen LogP) is 0.251. The van der Waals surface area contributed by atoms with Gasteiger partial charge in [-0.25, -0.2) is 0 Å². The summed E-state index contributed by atoms with van der Waals surface area (Å²) >= 11 is 1.20. The van der Waals surface area contributed by atoms with Crippen LogP contribution in [0.1, 0.15) is 24.3 Å². The first-order valence-corrected chi connectivity index (χ1v) is 5.88. The number of nitrogens with two attached hydrogens (primary N) is 1. The van der Waals surface area contributed by atoms with Crippen LogP contribution in [0.25, 0.3) is 0 Å². The first-order chi connectivity index (χ1) is 7.58. The molecule has 7 heteroatoms. The zero-order chi connectivity index (χ0) is 11.7. The molecule has 1 aromatic rings. The second-order valence-electron chi connectivity index (χ2n) is 3.95. The highest BCUT2D eigenvalue weighted by Gasteiger charge is 2.27. The Balaban J connectivity index is 2.23. The first-order valence-electron chi connectivity index (χ1n) is 5.10. The van der Waals surface area contributed by atoms with Gasteiger partial charge in [0.25, 0.3) is 5.91 Å². The average molecular weight is 242 g/mol. The SMILES string of the molecule is CC1CN(c2snnc2C(N)=O)CC(C)O1. The largest absolute Gasteiger partial charge is 0.372 e. The number of anilines is 1. The fraction of sp³-hybridized carbons (Fsp3) is 0.667. The van der Waals surface area contributed by atoms with E-state index in [1.807, 2.05) is 13.8 Å². The number of carbonyl (C=O) groups excluding carboxylic acids is 1. The standard InChI is InChI=1S/C9H14N4O2S/c1-5-3-13(4-6(2)15-5)9-7(8(10)14)11-12-16-9/h5-6H,3-4H2,1-2H3,(H2,10,14). The summed E-state index contributed by atoms with van der Waals surface area (Å²) in [5.74, 6) is -0.532. The van der Waals surface area contributed by atoms with Gasteiger partial charge in [0.1, 0.15) is 5.00 Å². The van der Waals surface area contributed by atoms with Crippen molar-refractivity contribution in [1.82, 2.24) is 9.59 Å². The molecule has 2 unspecified atom stereocenters. The van der Waals surface area contributed by atoms with Crippen LogP contribution in [-0.4, -0.2) is 40.8 Å². The second kappa shape index (κ2) is 4.34. The summed E-state index contributed by atoms with van der Waals surface area (Å²) in [6.45, 7) is 5.46. The van der Waals surface area contributed by atoms with E-state index in [4.69, 9.17) is 10.5 Å². The van der Waals surface area contributed by atoms with Crippen molar-refractivity contribution in [3.05, 3.63) is 5.69 Å². The molecule has 1 saturated heterocycles. The molecule has 1 aliphatic rings. The zero-order valence-corrected chi connectivity index (χ0v) is 10.0. The molecule has 0 bridgehead atoms. The number of morpholine rings is 1. The molecule has 1 aliphatic heterocycles. The molecule has 1 fully saturated rings. The number of ether oxygens (including phenoxy) is 1. The van der Waals surface area contributed by atoms with Crippen molar-refractivity contribution in [2.75, 3.05) is 18.0 Å². The Morgan fingerprint density at radius 2 is 2.12 bits per heavy atom. The van der Waals surface area contributed by atoms with Gasteiger partial charge in [-0.05, 0) is 13.8 Å². The number of aromatic nitrogens is 2. The quantitative estimate of drug-likeness (QED) is 0.804. The average Bonchev–Trinajstić information content (AvgIpc) is 2.63. The van der Waals surface area contributed by atoms with Gasteiger partial charge in [-0.1, -0.05) is 4.49 Å². The van der Waals surface area contributed by atoms with E-state index in [1.54, 1.807) is 0 Å². The van der Waals surface area contributed by atoms with Crippen LogP contribution in [0.4, 0.5) is 5.00 Å². The third-order valence-corrected chi connectivity index (χ3v) is 3.20. The third kappa shape index (κ3) is 2.14. The molecule has 2 N–H and O–H groups in total. The maximum atomic E-state index is 11.2. The van der Waals surface area contributed by atoms with Crippen LogP contribution in [0.3, 0.4) is 0 Å². The van der Waals surface area contributed by atoms with Gasteiger partial charge in [-0.3, -0.25) is 4.79 Å². The maximum Gasteiger partial charge on any atom is 0.272 e. The normalized spacial score (nSPS) is 25.8. The Bertz CT molecular complexity index is 385. The number of rotatable bonds is 2. The third-order valence-electron chi connectivity index (χ3n) is 2.41. The number of hydrogen-bond donors (Lipinski definition) is 1. The van der Waals surface area contributed by atoms with Gasteiger partial charge in [0.15, 0.2) is 5.69 Å². The molecular formula is C9H14N4O2S. The molecule has 0 aliphatic carbocycles. The minimum atomic E-state index is -0.532. The molecule has 2 rings (SSSR count). The molecule has 1 aromatic heterocycles. The summed E-state index contributed by atoms with van der Waals surface area (Å²) < 4.78 is 9.40. The molecule has 0 saturated carbocycles. The number of hydrogen-bond acceptors (Lipinski definition) is 6. The highest BCUT2D eigenvalue weighted by Crippen LogP contribution is 2.26. The van der Waals surface area contributed by atoms with E-state index in [9.17, 15) is 4.79 Å². The van der Waals surface area contributed by atoms with Gasteiger partial charge < -0.3 is 15.4 Å². The molecule has 1 amide bonds. The van der Waals surface area contributed by atoms with Crippen molar-refractivity contribution >= 4 is 22.4 Å². The molecule has 0 spiro atoms. The number of primary amides is 1. The Labute approximate surface area is 97.5 Å². The molecule has 16 heavy (non-hydrogen) atoms. The first kappa shape index (κ1) is 11.3. The van der Waals surface area contributed by atoms with Gasteiger partial charge >= 0.3 is 0 Å². The second-order valence-corrected chi connectivity index (χ2v) is 4.69. The fourth-order valence-electron chi connectivity index (χ4n) is 1.89. The van der Waals surface area contributed by atoms with E-state index < -0.39 is 5.91 Å². The van der Waals surface area contributed by atoms with Crippen molar-refractivity contribution in [2.24, 2.45) is 5.73 Å². The van der Waals surface area contributed by atoms with Crippen LogP contribution in [0, 0.1) is 0 Å². The minimum absolute atomic E-state index is 0.131. The van der Waals surface area contributed by atoms with Gasteiger partial charge in [0.05, 0.1) is 12.2 Å². The summed E-state index contributed by atoms with van der Waals surface area (Å²) in [6, 6.07) is 0. The lowest BCUT2D eigenvalue weighted by molar-refractivity contribution is -0.00507. The number of carbonyl (C=O) groups is 1. The van der Waals surface area contributed by atoms with Gasteiger partial charge in [-0.15, -0.1) is 5.10 Å². The summed E-state index contributed by atoms with van der Waals surface area (Å²) in [5, 5.41) is 4.50. The lowest BCUT2D eigenvalue weighted by Crippen LogP contribution is -2.45. The molecule has 88 valence electrons. The van der Waals surface area contributed by atoms with E-state index in [2.05, 4.69) is 14.5 Å². The van der Waals surface area contributed by atoms with Crippen LogP contribution in [0.15, 0.2) is 0 Å². The van der Waals surface area contributed by atoms with Crippen molar-refractivity contribution in [3.8, 4) is 0 Å². The van der Waals surface area contributed by atoms with Crippen LogP contribution in [0.2, 0.25) is 0 Å². The van der Waals surface area contributed by atoms with Crippen LogP contribution >= 0.6 is 11.5 Å². The Hall–Kier alpha value is -1.21.